The van der Waals surface area contributed by atoms with Crippen molar-refractivity contribution in [3.05, 3.63) is 48.2 Å². The lowest BCUT2D eigenvalue weighted by Crippen LogP contribution is -2.24. The number of aromatic nitrogens is 1. The van der Waals surface area contributed by atoms with Gasteiger partial charge in [-0.15, -0.1) is 11.8 Å². The van der Waals surface area contributed by atoms with Crippen molar-refractivity contribution < 1.29 is 9.90 Å². The predicted octanol–water partition coefficient (Wildman–Crippen LogP) is 4.27. The average molecular weight is 313 g/mol. The summed E-state index contributed by atoms with van der Waals surface area (Å²) in [6.45, 7) is 4.02. The summed E-state index contributed by atoms with van der Waals surface area (Å²) in [5.41, 5.74) is 0.952. The predicted molar refractivity (Wildman–Crippen MR) is 86.6 cm³/mol. The first-order chi connectivity index (χ1) is 10.5. The minimum absolute atomic E-state index is 0.275. The molecule has 6 heteroatoms. The third kappa shape index (κ3) is 3.57. The molecule has 2 aromatic rings. The first-order valence-corrected chi connectivity index (χ1v) is 7.55. The third-order valence-electron chi connectivity index (χ3n) is 2.77. The largest absolute Gasteiger partial charge is 0.464 e. The smallest absolute Gasteiger partial charge is 0.417 e. The SMILES string of the molecule is CC(C)Sc1cc(N(C(=O)O)c2ccccc2)ncc1C#N. The quantitative estimate of drug-likeness (QED) is 0.853. The molecule has 0 saturated carbocycles. The van der Waals surface area contributed by atoms with Crippen molar-refractivity contribution in [3.8, 4) is 6.07 Å². The highest BCUT2D eigenvalue weighted by molar-refractivity contribution is 8.00. The van der Waals surface area contributed by atoms with E-state index >= 15 is 0 Å². The van der Waals surface area contributed by atoms with E-state index < -0.39 is 6.09 Å². The number of hydrogen-bond acceptors (Lipinski definition) is 4. The molecule has 1 aromatic carbocycles. The zero-order chi connectivity index (χ0) is 16.1. The molecule has 0 spiro atoms. The molecule has 1 heterocycles. The topological polar surface area (TPSA) is 77.2 Å². The molecule has 22 heavy (non-hydrogen) atoms. The lowest BCUT2D eigenvalue weighted by Gasteiger charge is -2.19. The van der Waals surface area contributed by atoms with Crippen molar-refractivity contribution >= 4 is 29.4 Å². The van der Waals surface area contributed by atoms with Gasteiger partial charge in [-0.2, -0.15) is 5.26 Å². The van der Waals surface area contributed by atoms with Crippen LogP contribution in [-0.4, -0.2) is 21.4 Å². The van der Waals surface area contributed by atoms with Gasteiger partial charge < -0.3 is 5.11 Å². The molecule has 0 aliphatic heterocycles. The fourth-order valence-electron chi connectivity index (χ4n) is 1.90. The highest BCUT2D eigenvalue weighted by Gasteiger charge is 2.19. The molecular weight excluding hydrogens is 298 g/mol. The molecule has 0 bridgehead atoms. The van der Waals surface area contributed by atoms with E-state index in [0.29, 0.717) is 11.3 Å². The summed E-state index contributed by atoms with van der Waals surface area (Å²) in [5, 5.41) is 18.9. The van der Waals surface area contributed by atoms with Gasteiger partial charge in [-0.05, 0) is 18.2 Å². The minimum Gasteiger partial charge on any atom is -0.464 e. The fourth-order valence-corrected chi connectivity index (χ4v) is 2.81. The normalized spacial score (nSPS) is 10.3. The first-order valence-electron chi connectivity index (χ1n) is 6.68. The maximum absolute atomic E-state index is 11.6. The van der Waals surface area contributed by atoms with Gasteiger partial charge in [0.05, 0.1) is 11.3 Å². The fraction of sp³-hybridized carbons (Fsp3) is 0.188. The van der Waals surface area contributed by atoms with Gasteiger partial charge in [-0.3, -0.25) is 0 Å². The molecule has 0 saturated heterocycles. The molecule has 0 atom stereocenters. The summed E-state index contributed by atoms with van der Waals surface area (Å²) < 4.78 is 0. The Kier molecular flexibility index (Phi) is 5.02. The zero-order valence-corrected chi connectivity index (χ0v) is 13.0. The van der Waals surface area contributed by atoms with Crippen LogP contribution in [0, 0.1) is 11.3 Å². The summed E-state index contributed by atoms with van der Waals surface area (Å²) in [7, 11) is 0. The molecule has 0 aliphatic carbocycles. The van der Waals surface area contributed by atoms with Crippen molar-refractivity contribution in [3.63, 3.8) is 0 Å². The summed E-state index contributed by atoms with van der Waals surface area (Å²) in [5.74, 6) is 0.279. The highest BCUT2D eigenvalue weighted by atomic mass is 32.2. The molecule has 0 aliphatic rings. The number of amides is 1. The van der Waals surface area contributed by atoms with Crippen LogP contribution in [0.4, 0.5) is 16.3 Å². The molecule has 0 fully saturated rings. The number of nitrogens with zero attached hydrogens (tertiary/aromatic N) is 3. The van der Waals surface area contributed by atoms with E-state index in [4.69, 9.17) is 5.26 Å². The lowest BCUT2D eigenvalue weighted by molar-refractivity contribution is 0.204. The van der Waals surface area contributed by atoms with Gasteiger partial charge in [0.25, 0.3) is 0 Å². The number of benzene rings is 1. The van der Waals surface area contributed by atoms with Gasteiger partial charge in [0.2, 0.25) is 0 Å². The van der Waals surface area contributed by atoms with Crippen molar-refractivity contribution in [2.75, 3.05) is 4.90 Å². The average Bonchev–Trinajstić information content (AvgIpc) is 2.48. The van der Waals surface area contributed by atoms with E-state index in [1.807, 2.05) is 19.9 Å². The zero-order valence-electron chi connectivity index (χ0n) is 12.2. The Morgan fingerprint density at radius 1 is 1.36 bits per heavy atom. The van der Waals surface area contributed by atoms with Crippen LogP contribution >= 0.6 is 11.8 Å². The van der Waals surface area contributed by atoms with Gasteiger partial charge in [0.15, 0.2) is 0 Å². The molecular formula is C16H15N3O2S. The summed E-state index contributed by atoms with van der Waals surface area (Å²) in [6.07, 6.45) is 0.294. The number of hydrogen-bond donors (Lipinski definition) is 1. The molecule has 1 N–H and O–H groups in total. The number of thioether (sulfide) groups is 1. The van der Waals surface area contributed by atoms with E-state index in [1.165, 1.54) is 18.0 Å². The van der Waals surface area contributed by atoms with Crippen LogP contribution in [0.2, 0.25) is 0 Å². The van der Waals surface area contributed by atoms with Crippen LogP contribution in [0.1, 0.15) is 19.4 Å². The van der Waals surface area contributed by atoms with Crippen LogP contribution < -0.4 is 4.90 Å². The van der Waals surface area contributed by atoms with Crippen LogP contribution in [0.3, 0.4) is 0 Å². The number of para-hydroxylation sites is 1. The number of pyridine rings is 1. The number of carboxylic acid groups (broad SMARTS) is 1. The minimum atomic E-state index is -1.12. The van der Waals surface area contributed by atoms with Crippen LogP contribution in [0.25, 0.3) is 0 Å². The van der Waals surface area contributed by atoms with Gasteiger partial charge in [0, 0.05) is 16.3 Å². The maximum atomic E-state index is 11.6. The first kappa shape index (κ1) is 15.9. The van der Waals surface area contributed by atoms with E-state index in [2.05, 4.69) is 11.1 Å². The van der Waals surface area contributed by atoms with Gasteiger partial charge in [-0.25, -0.2) is 14.7 Å². The Balaban J connectivity index is 2.49. The van der Waals surface area contributed by atoms with Crippen LogP contribution in [-0.2, 0) is 0 Å². The molecule has 5 nitrogen and oxygen atoms in total. The van der Waals surface area contributed by atoms with E-state index in [-0.39, 0.29) is 11.1 Å². The molecule has 2 rings (SSSR count). The number of rotatable bonds is 4. The molecule has 112 valence electrons. The van der Waals surface area contributed by atoms with Crippen molar-refractivity contribution in [1.29, 1.82) is 5.26 Å². The van der Waals surface area contributed by atoms with Crippen LogP contribution in [0.15, 0.2) is 47.5 Å². The Morgan fingerprint density at radius 3 is 2.59 bits per heavy atom. The maximum Gasteiger partial charge on any atom is 0.417 e. The monoisotopic (exact) mass is 313 g/mol. The second-order valence-electron chi connectivity index (χ2n) is 4.77. The van der Waals surface area contributed by atoms with Gasteiger partial charge in [-0.1, -0.05) is 32.0 Å². The van der Waals surface area contributed by atoms with E-state index in [9.17, 15) is 9.90 Å². The van der Waals surface area contributed by atoms with E-state index in [1.54, 1.807) is 30.3 Å². The van der Waals surface area contributed by atoms with Gasteiger partial charge >= 0.3 is 6.09 Å². The van der Waals surface area contributed by atoms with Crippen LogP contribution in [0.5, 0.6) is 0 Å². The number of carbonyl (C=O) groups is 1. The Morgan fingerprint density at radius 2 is 2.05 bits per heavy atom. The second kappa shape index (κ2) is 6.96. The van der Waals surface area contributed by atoms with Crippen molar-refractivity contribution in [2.24, 2.45) is 0 Å². The van der Waals surface area contributed by atoms with E-state index in [0.717, 1.165) is 9.80 Å². The Hall–Kier alpha value is -2.52. The number of nitriles is 1. The molecule has 0 unspecified atom stereocenters. The molecule has 1 amide bonds. The Labute approximate surface area is 133 Å². The van der Waals surface area contributed by atoms with Crippen molar-refractivity contribution in [2.45, 2.75) is 24.0 Å². The second-order valence-corrected chi connectivity index (χ2v) is 6.39. The molecule has 1 aromatic heterocycles. The number of anilines is 2. The highest BCUT2D eigenvalue weighted by Crippen LogP contribution is 2.31. The lowest BCUT2D eigenvalue weighted by atomic mass is 10.2. The molecule has 0 radical (unpaired) electrons. The Bertz CT molecular complexity index is 711. The standard InChI is InChI=1S/C16H15N3O2S/c1-11(2)22-14-8-15(18-10-12(14)9-17)19(16(20)21)13-6-4-3-5-7-13/h3-8,10-11H,1-2H3,(H,20,21). The summed E-state index contributed by atoms with van der Waals surface area (Å²) in [6, 6.07) is 12.5. The summed E-state index contributed by atoms with van der Waals surface area (Å²) in [4.78, 5) is 17.6. The summed E-state index contributed by atoms with van der Waals surface area (Å²) >= 11 is 1.51. The third-order valence-corrected chi connectivity index (χ3v) is 3.83. The van der Waals surface area contributed by atoms with Crippen molar-refractivity contribution in [1.82, 2.24) is 4.98 Å². The van der Waals surface area contributed by atoms with Gasteiger partial charge in [0.1, 0.15) is 11.9 Å².